The van der Waals surface area contributed by atoms with E-state index in [-0.39, 0.29) is 23.8 Å². The Morgan fingerprint density at radius 1 is 1.04 bits per heavy atom. The Hall–Kier alpha value is -2.82. The molecule has 4 rings (SSSR count). The first-order valence-electron chi connectivity index (χ1n) is 10.2. The highest BCUT2D eigenvalue weighted by molar-refractivity contribution is 6.02. The van der Waals surface area contributed by atoms with Crippen LogP contribution < -0.4 is 15.5 Å². The fourth-order valence-electron chi connectivity index (χ4n) is 3.72. The van der Waals surface area contributed by atoms with E-state index in [1.54, 1.807) is 0 Å². The van der Waals surface area contributed by atoms with E-state index in [1.807, 2.05) is 55.5 Å². The van der Waals surface area contributed by atoms with Crippen LogP contribution in [0.2, 0.25) is 0 Å². The average Bonchev–Trinajstić information content (AvgIpc) is 3.43. The summed E-state index contributed by atoms with van der Waals surface area (Å²) in [4.78, 5) is 27.5. The van der Waals surface area contributed by atoms with Gasteiger partial charge in [-0.15, -0.1) is 0 Å². The molecule has 1 saturated carbocycles. The van der Waals surface area contributed by atoms with Gasteiger partial charge in [0.2, 0.25) is 5.91 Å². The second kappa shape index (κ2) is 8.05. The summed E-state index contributed by atoms with van der Waals surface area (Å²) >= 11 is 0. The van der Waals surface area contributed by atoms with Crippen LogP contribution in [0.25, 0.3) is 0 Å². The molecule has 28 heavy (non-hydrogen) atoms. The molecule has 0 bridgehead atoms. The molecule has 0 spiro atoms. The lowest BCUT2D eigenvalue weighted by Gasteiger charge is -2.23. The van der Waals surface area contributed by atoms with E-state index in [2.05, 4.69) is 15.5 Å². The lowest BCUT2D eigenvalue weighted by molar-refractivity contribution is -0.117. The van der Waals surface area contributed by atoms with Crippen LogP contribution >= 0.6 is 0 Å². The van der Waals surface area contributed by atoms with E-state index >= 15 is 0 Å². The van der Waals surface area contributed by atoms with Crippen LogP contribution in [-0.4, -0.2) is 24.9 Å². The Morgan fingerprint density at radius 2 is 1.75 bits per heavy atom. The van der Waals surface area contributed by atoms with Crippen LogP contribution in [0.5, 0.6) is 0 Å². The van der Waals surface area contributed by atoms with Gasteiger partial charge in [0.05, 0.1) is 11.6 Å². The number of hydrogen-bond donors (Lipinski definition) is 2. The third-order valence-corrected chi connectivity index (χ3v) is 5.55. The molecule has 2 N–H and O–H groups in total. The largest absolute Gasteiger partial charge is 0.371 e. The van der Waals surface area contributed by atoms with Crippen LogP contribution in [0.3, 0.4) is 0 Å². The lowest BCUT2D eigenvalue weighted by Crippen LogP contribution is -2.29. The number of amides is 2. The van der Waals surface area contributed by atoms with Crippen LogP contribution in [0.4, 0.5) is 11.4 Å². The minimum Gasteiger partial charge on any atom is -0.371 e. The van der Waals surface area contributed by atoms with E-state index < -0.39 is 0 Å². The Kier molecular flexibility index (Phi) is 5.33. The summed E-state index contributed by atoms with van der Waals surface area (Å²) < 4.78 is 0. The highest BCUT2D eigenvalue weighted by atomic mass is 16.2. The molecular weight excluding hydrogens is 350 g/mol. The first-order chi connectivity index (χ1) is 13.6. The average molecular weight is 377 g/mol. The van der Waals surface area contributed by atoms with E-state index in [4.69, 9.17) is 0 Å². The number of benzene rings is 2. The highest BCUT2D eigenvalue weighted by Crippen LogP contribution is 2.32. The molecule has 5 heteroatoms. The number of carbonyl (C=O) groups excluding carboxylic acids is 2. The van der Waals surface area contributed by atoms with Gasteiger partial charge in [-0.2, -0.15) is 0 Å². The molecule has 2 fully saturated rings. The van der Waals surface area contributed by atoms with Crippen molar-refractivity contribution in [2.45, 2.75) is 38.6 Å². The molecule has 1 unspecified atom stereocenters. The Bertz CT molecular complexity index is 855. The minimum atomic E-state index is -0.110. The molecule has 146 valence electrons. The van der Waals surface area contributed by atoms with E-state index in [0.717, 1.165) is 50.0 Å². The maximum atomic E-state index is 13.1. The summed E-state index contributed by atoms with van der Waals surface area (Å²) in [6.07, 6.45) is 4.20. The standard InChI is InChI=1S/C23H27N3O2/c1-16(17-7-3-2-4-8-17)24-23(28)20-15-19(25-22(27)18-9-10-18)11-12-21(20)26-13-5-6-14-26/h2-4,7-8,11-12,15-16,18H,5-6,9-10,13-14H2,1H3,(H,24,28)(H,25,27). The maximum absolute atomic E-state index is 13.1. The van der Waals surface area contributed by atoms with Crippen molar-refractivity contribution in [3.05, 3.63) is 59.7 Å². The zero-order chi connectivity index (χ0) is 19.5. The Morgan fingerprint density at radius 3 is 2.43 bits per heavy atom. The monoisotopic (exact) mass is 377 g/mol. The second-order valence-electron chi connectivity index (χ2n) is 7.80. The summed E-state index contributed by atoms with van der Waals surface area (Å²) in [6, 6.07) is 15.5. The molecule has 5 nitrogen and oxygen atoms in total. The van der Waals surface area contributed by atoms with Crippen molar-refractivity contribution < 1.29 is 9.59 Å². The van der Waals surface area contributed by atoms with Crippen molar-refractivity contribution in [1.29, 1.82) is 0 Å². The Labute approximate surface area is 166 Å². The molecule has 1 aliphatic carbocycles. The zero-order valence-electron chi connectivity index (χ0n) is 16.3. The molecular formula is C23H27N3O2. The third-order valence-electron chi connectivity index (χ3n) is 5.55. The van der Waals surface area contributed by atoms with Crippen molar-refractivity contribution in [3.63, 3.8) is 0 Å². The van der Waals surface area contributed by atoms with Crippen molar-refractivity contribution >= 4 is 23.2 Å². The van der Waals surface area contributed by atoms with Gasteiger partial charge in [-0.1, -0.05) is 30.3 Å². The maximum Gasteiger partial charge on any atom is 0.253 e. The fourth-order valence-corrected chi connectivity index (χ4v) is 3.72. The summed E-state index contributed by atoms with van der Waals surface area (Å²) in [6.45, 7) is 3.91. The smallest absolute Gasteiger partial charge is 0.253 e. The van der Waals surface area contributed by atoms with Gasteiger partial charge >= 0.3 is 0 Å². The van der Waals surface area contributed by atoms with Gasteiger partial charge < -0.3 is 15.5 Å². The Balaban J connectivity index is 1.57. The molecule has 1 atom stereocenters. The van der Waals surface area contributed by atoms with Gasteiger partial charge in [0.25, 0.3) is 5.91 Å². The van der Waals surface area contributed by atoms with E-state index in [0.29, 0.717) is 11.3 Å². The van der Waals surface area contributed by atoms with Gasteiger partial charge in [0.15, 0.2) is 0 Å². The minimum absolute atomic E-state index is 0.0536. The second-order valence-corrected chi connectivity index (χ2v) is 7.80. The first kappa shape index (κ1) is 18.5. The van der Waals surface area contributed by atoms with E-state index in [1.165, 1.54) is 0 Å². The van der Waals surface area contributed by atoms with Gasteiger partial charge in [0, 0.05) is 30.4 Å². The predicted octanol–water partition coefficient (Wildman–Crippen LogP) is 4.13. The van der Waals surface area contributed by atoms with E-state index in [9.17, 15) is 9.59 Å². The number of nitrogens with one attached hydrogen (secondary N) is 2. The molecule has 0 aromatic heterocycles. The van der Waals surface area contributed by atoms with Crippen LogP contribution in [-0.2, 0) is 4.79 Å². The summed E-state index contributed by atoms with van der Waals surface area (Å²) in [5, 5.41) is 6.08. The van der Waals surface area contributed by atoms with Gasteiger partial charge in [0.1, 0.15) is 0 Å². The quantitative estimate of drug-likeness (QED) is 0.796. The number of anilines is 2. The van der Waals surface area contributed by atoms with Crippen molar-refractivity contribution in [1.82, 2.24) is 5.32 Å². The van der Waals surface area contributed by atoms with Gasteiger partial charge in [-0.05, 0) is 56.4 Å². The van der Waals surface area contributed by atoms with Crippen LogP contribution in [0.15, 0.2) is 48.5 Å². The van der Waals surface area contributed by atoms with Gasteiger partial charge in [-0.25, -0.2) is 0 Å². The lowest BCUT2D eigenvalue weighted by atomic mass is 10.1. The van der Waals surface area contributed by atoms with Crippen LogP contribution in [0.1, 0.15) is 54.6 Å². The highest BCUT2D eigenvalue weighted by Gasteiger charge is 2.30. The number of hydrogen-bond acceptors (Lipinski definition) is 3. The first-order valence-corrected chi connectivity index (χ1v) is 10.2. The SMILES string of the molecule is CC(NC(=O)c1cc(NC(=O)C2CC2)ccc1N1CCCC1)c1ccccc1. The van der Waals surface area contributed by atoms with Crippen molar-refractivity contribution in [2.24, 2.45) is 5.92 Å². The topological polar surface area (TPSA) is 61.4 Å². The summed E-state index contributed by atoms with van der Waals surface area (Å²) in [5.74, 6) is 0.0762. The van der Waals surface area contributed by atoms with Crippen molar-refractivity contribution in [3.8, 4) is 0 Å². The van der Waals surface area contributed by atoms with Crippen LogP contribution in [0, 0.1) is 5.92 Å². The molecule has 1 saturated heterocycles. The van der Waals surface area contributed by atoms with Gasteiger partial charge in [-0.3, -0.25) is 9.59 Å². The normalized spacial score (nSPS) is 17.2. The molecule has 0 radical (unpaired) electrons. The molecule has 1 heterocycles. The molecule has 2 aromatic rings. The number of rotatable bonds is 6. The van der Waals surface area contributed by atoms with Crippen molar-refractivity contribution in [2.75, 3.05) is 23.3 Å². The third kappa shape index (κ3) is 4.19. The zero-order valence-corrected chi connectivity index (χ0v) is 16.3. The predicted molar refractivity (Wildman–Crippen MR) is 112 cm³/mol. The molecule has 1 aliphatic heterocycles. The molecule has 2 aromatic carbocycles. The molecule has 2 amide bonds. The molecule has 2 aliphatic rings. The summed E-state index contributed by atoms with van der Waals surface area (Å²) in [5.41, 5.74) is 3.33. The fraction of sp³-hybridized carbons (Fsp3) is 0.391. The number of nitrogens with zero attached hydrogens (tertiary/aromatic N) is 1. The summed E-state index contributed by atoms with van der Waals surface area (Å²) in [7, 11) is 0. The number of carbonyl (C=O) groups is 2.